The number of piperazine rings is 1. The minimum absolute atomic E-state index is 0.0253. The first kappa shape index (κ1) is 14.0. The summed E-state index contributed by atoms with van der Waals surface area (Å²) in [7, 11) is 0. The van der Waals surface area contributed by atoms with E-state index in [9.17, 15) is 9.59 Å². The Kier molecular flexibility index (Phi) is 3.66. The topological polar surface area (TPSA) is 62.3 Å². The molecule has 0 bridgehead atoms. The molecular formula is C16H21N3O2. The molecule has 1 unspecified atom stereocenters. The number of pyridine rings is 1. The Morgan fingerprint density at radius 3 is 2.81 bits per heavy atom. The average Bonchev–Trinajstić information content (AvgIpc) is 2.96. The van der Waals surface area contributed by atoms with E-state index in [2.05, 4.69) is 10.3 Å². The molecule has 2 fully saturated rings. The Morgan fingerprint density at radius 1 is 1.38 bits per heavy atom. The summed E-state index contributed by atoms with van der Waals surface area (Å²) in [6.07, 6.45) is 7.84. The van der Waals surface area contributed by atoms with E-state index in [4.69, 9.17) is 0 Å². The maximum absolute atomic E-state index is 12.8. The highest BCUT2D eigenvalue weighted by Crippen LogP contribution is 2.34. The third kappa shape index (κ3) is 2.52. The van der Waals surface area contributed by atoms with Gasteiger partial charge in [0.1, 0.15) is 11.6 Å². The molecule has 112 valence electrons. The number of rotatable bonds is 3. The molecule has 2 amide bonds. The molecule has 2 heterocycles. The highest BCUT2D eigenvalue weighted by Gasteiger charge is 2.50. The summed E-state index contributed by atoms with van der Waals surface area (Å²) in [4.78, 5) is 30.9. The summed E-state index contributed by atoms with van der Waals surface area (Å²) in [5, 5.41) is 2.98. The number of hydrogen-bond donors (Lipinski definition) is 1. The number of aromatic nitrogens is 1. The predicted molar refractivity (Wildman–Crippen MR) is 78.5 cm³/mol. The van der Waals surface area contributed by atoms with E-state index >= 15 is 0 Å². The van der Waals surface area contributed by atoms with Crippen LogP contribution in [0.2, 0.25) is 0 Å². The summed E-state index contributed by atoms with van der Waals surface area (Å²) in [5.74, 6) is 0.0682. The van der Waals surface area contributed by atoms with E-state index in [1.165, 1.54) is 0 Å². The van der Waals surface area contributed by atoms with Crippen molar-refractivity contribution >= 4 is 11.8 Å². The molecule has 1 saturated carbocycles. The van der Waals surface area contributed by atoms with Gasteiger partial charge < -0.3 is 10.2 Å². The van der Waals surface area contributed by atoms with Crippen LogP contribution in [0.3, 0.4) is 0 Å². The molecule has 1 atom stereocenters. The van der Waals surface area contributed by atoms with Gasteiger partial charge in [0.15, 0.2) is 0 Å². The average molecular weight is 287 g/mol. The highest BCUT2D eigenvalue weighted by molar-refractivity contribution is 5.99. The van der Waals surface area contributed by atoms with E-state index in [-0.39, 0.29) is 17.9 Å². The van der Waals surface area contributed by atoms with Crippen LogP contribution in [0.4, 0.5) is 0 Å². The monoisotopic (exact) mass is 287 g/mol. The number of nitrogens with one attached hydrogen (secondary N) is 1. The van der Waals surface area contributed by atoms with Crippen LogP contribution < -0.4 is 5.32 Å². The van der Waals surface area contributed by atoms with Crippen molar-refractivity contribution < 1.29 is 9.59 Å². The number of carbonyl (C=O) groups excluding carboxylic acids is 2. The highest BCUT2D eigenvalue weighted by atomic mass is 16.2. The van der Waals surface area contributed by atoms with Crippen molar-refractivity contribution in [3.8, 4) is 0 Å². The van der Waals surface area contributed by atoms with Gasteiger partial charge in [0.25, 0.3) is 0 Å². The minimum Gasteiger partial charge on any atom is -0.340 e. The Bertz CT molecular complexity index is 538. The lowest BCUT2D eigenvalue weighted by Crippen LogP contribution is -2.68. The first-order chi connectivity index (χ1) is 10.1. The molecule has 5 heteroatoms. The SMILES string of the molecule is CC1C(=O)NC2(CCCC2)C(=O)N1CCc1cccnc1. The summed E-state index contributed by atoms with van der Waals surface area (Å²) in [5.41, 5.74) is 0.461. The van der Waals surface area contributed by atoms with Gasteiger partial charge >= 0.3 is 0 Å². The van der Waals surface area contributed by atoms with Crippen molar-refractivity contribution in [2.24, 2.45) is 0 Å². The van der Waals surface area contributed by atoms with Crippen molar-refractivity contribution in [3.63, 3.8) is 0 Å². The summed E-state index contributed by atoms with van der Waals surface area (Å²) < 4.78 is 0. The molecule has 0 aromatic carbocycles. The van der Waals surface area contributed by atoms with Gasteiger partial charge in [-0.3, -0.25) is 14.6 Å². The van der Waals surface area contributed by atoms with Gasteiger partial charge in [0.2, 0.25) is 11.8 Å². The van der Waals surface area contributed by atoms with Crippen molar-refractivity contribution in [3.05, 3.63) is 30.1 Å². The largest absolute Gasteiger partial charge is 0.340 e. The molecule has 1 aliphatic heterocycles. The Balaban J connectivity index is 1.75. The molecule has 1 spiro atoms. The van der Waals surface area contributed by atoms with Crippen molar-refractivity contribution in [2.75, 3.05) is 6.54 Å². The maximum atomic E-state index is 12.8. The van der Waals surface area contributed by atoms with Crippen LogP contribution in [0.1, 0.15) is 38.2 Å². The van der Waals surface area contributed by atoms with Crippen LogP contribution in [-0.4, -0.2) is 39.8 Å². The zero-order chi connectivity index (χ0) is 14.9. The standard InChI is InChI=1S/C16H21N3O2/c1-12-14(20)18-16(7-2-3-8-16)15(21)19(12)10-6-13-5-4-9-17-11-13/h4-5,9,11-12H,2-3,6-8,10H2,1H3,(H,18,20). The second kappa shape index (κ2) is 5.47. The Morgan fingerprint density at radius 2 is 2.14 bits per heavy atom. The lowest BCUT2D eigenvalue weighted by Gasteiger charge is -2.43. The third-order valence-electron chi connectivity index (χ3n) is 4.70. The first-order valence-electron chi connectivity index (χ1n) is 7.64. The van der Waals surface area contributed by atoms with E-state index < -0.39 is 5.54 Å². The van der Waals surface area contributed by atoms with Crippen molar-refractivity contribution in [1.82, 2.24) is 15.2 Å². The van der Waals surface area contributed by atoms with Crippen molar-refractivity contribution in [1.29, 1.82) is 0 Å². The van der Waals surface area contributed by atoms with Crippen LogP contribution >= 0.6 is 0 Å². The quantitative estimate of drug-likeness (QED) is 0.911. The summed E-state index contributed by atoms with van der Waals surface area (Å²) in [6, 6.07) is 3.50. The van der Waals surface area contributed by atoms with Gasteiger partial charge in [-0.25, -0.2) is 0 Å². The van der Waals surface area contributed by atoms with Gasteiger partial charge in [-0.2, -0.15) is 0 Å². The van der Waals surface area contributed by atoms with E-state index in [1.807, 2.05) is 18.3 Å². The molecule has 5 nitrogen and oxygen atoms in total. The predicted octanol–water partition coefficient (Wildman–Crippen LogP) is 1.28. The molecule has 0 radical (unpaired) electrons. The smallest absolute Gasteiger partial charge is 0.249 e. The van der Waals surface area contributed by atoms with E-state index in [0.29, 0.717) is 6.54 Å². The number of nitrogens with zero attached hydrogens (tertiary/aromatic N) is 2. The lowest BCUT2D eigenvalue weighted by molar-refractivity contribution is -0.154. The van der Waals surface area contributed by atoms with Gasteiger partial charge in [0.05, 0.1) is 0 Å². The summed E-state index contributed by atoms with van der Waals surface area (Å²) in [6.45, 7) is 2.37. The van der Waals surface area contributed by atoms with E-state index in [1.54, 1.807) is 18.0 Å². The Labute approximate surface area is 124 Å². The van der Waals surface area contributed by atoms with Gasteiger partial charge in [-0.1, -0.05) is 18.9 Å². The molecule has 1 aromatic heterocycles. The zero-order valence-corrected chi connectivity index (χ0v) is 12.3. The molecule has 3 rings (SSSR count). The maximum Gasteiger partial charge on any atom is 0.249 e. The molecule has 21 heavy (non-hydrogen) atoms. The number of hydrogen-bond acceptors (Lipinski definition) is 3. The summed E-state index contributed by atoms with van der Waals surface area (Å²) >= 11 is 0. The minimum atomic E-state index is -0.626. The Hall–Kier alpha value is -1.91. The fraction of sp³-hybridized carbons (Fsp3) is 0.562. The zero-order valence-electron chi connectivity index (χ0n) is 12.3. The lowest BCUT2D eigenvalue weighted by atomic mass is 9.91. The van der Waals surface area contributed by atoms with Crippen LogP contribution in [0.15, 0.2) is 24.5 Å². The van der Waals surface area contributed by atoms with Crippen LogP contribution in [0, 0.1) is 0 Å². The second-order valence-electron chi connectivity index (χ2n) is 6.06. The van der Waals surface area contributed by atoms with Crippen LogP contribution in [0.25, 0.3) is 0 Å². The fourth-order valence-corrected chi connectivity index (χ4v) is 3.39. The molecule has 1 saturated heterocycles. The normalized spacial score (nSPS) is 24.4. The fourth-order valence-electron chi connectivity index (χ4n) is 3.39. The van der Waals surface area contributed by atoms with Crippen LogP contribution in [-0.2, 0) is 16.0 Å². The van der Waals surface area contributed by atoms with Gasteiger partial charge in [0, 0.05) is 18.9 Å². The number of carbonyl (C=O) groups is 2. The molecule has 2 aliphatic rings. The molecule has 1 aromatic rings. The van der Waals surface area contributed by atoms with Crippen molar-refractivity contribution in [2.45, 2.75) is 50.6 Å². The van der Waals surface area contributed by atoms with Gasteiger partial charge in [-0.05, 0) is 37.8 Å². The first-order valence-corrected chi connectivity index (χ1v) is 7.64. The van der Waals surface area contributed by atoms with E-state index in [0.717, 1.165) is 37.7 Å². The molecule has 1 aliphatic carbocycles. The molecular weight excluding hydrogens is 266 g/mol. The van der Waals surface area contributed by atoms with Crippen LogP contribution in [0.5, 0.6) is 0 Å². The number of amides is 2. The third-order valence-corrected chi connectivity index (χ3v) is 4.70. The second-order valence-corrected chi connectivity index (χ2v) is 6.06. The molecule has 1 N–H and O–H groups in total. The van der Waals surface area contributed by atoms with Gasteiger partial charge in [-0.15, -0.1) is 0 Å².